The zero-order chi connectivity index (χ0) is 17.1. The molecule has 0 aliphatic heterocycles. The lowest BCUT2D eigenvalue weighted by molar-refractivity contribution is 0.0572. The first-order valence-corrected chi connectivity index (χ1v) is 7.86. The maximum atomic E-state index is 12.7. The van der Waals surface area contributed by atoms with Gasteiger partial charge in [-0.25, -0.2) is 0 Å². The van der Waals surface area contributed by atoms with E-state index in [0.717, 1.165) is 0 Å². The second kappa shape index (κ2) is 7.10. The molecule has 124 valence electrons. The molecule has 1 N–H and O–H groups in total. The number of carbonyl (C=O) groups is 1. The molecular formula is C16H21ClN4O2. The van der Waals surface area contributed by atoms with Crippen molar-refractivity contribution in [2.75, 3.05) is 6.54 Å². The molecule has 1 aromatic carbocycles. The number of halogens is 1. The average molecular weight is 337 g/mol. The van der Waals surface area contributed by atoms with Crippen LogP contribution < -0.4 is 0 Å². The van der Waals surface area contributed by atoms with Crippen molar-refractivity contribution in [3.05, 3.63) is 40.7 Å². The summed E-state index contributed by atoms with van der Waals surface area (Å²) in [7, 11) is 0. The van der Waals surface area contributed by atoms with E-state index in [1.807, 2.05) is 19.9 Å². The first-order valence-electron chi connectivity index (χ1n) is 7.48. The van der Waals surface area contributed by atoms with Crippen LogP contribution in [0.4, 0.5) is 0 Å². The highest BCUT2D eigenvalue weighted by Gasteiger charge is 2.25. The predicted molar refractivity (Wildman–Crippen MR) is 89.0 cm³/mol. The molecule has 0 fully saturated rings. The van der Waals surface area contributed by atoms with Gasteiger partial charge in [0.1, 0.15) is 0 Å². The SMILES string of the molecule is Cc1nn(-c2cccc(Cl)c2)nc1C(=O)N(CC(C)O)C(C)C. The summed E-state index contributed by atoms with van der Waals surface area (Å²) in [5.74, 6) is -0.244. The van der Waals surface area contributed by atoms with Crippen LogP contribution in [0, 0.1) is 6.92 Å². The van der Waals surface area contributed by atoms with Gasteiger partial charge < -0.3 is 10.0 Å². The summed E-state index contributed by atoms with van der Waals surface area (Å²) in [6, 6.07) is 7.05. The summed E-state index contributed by atoms with van der Waals surface area (Å²) in [6.07, 6.45) is -0.607. The summed E-state index contributed by atoms with van der Waals surface area (Å²) >= 11 is 5.98. The van der Waals surface area contributed by atoms with E-state index in [-0.39, 0.29) is 24.2 Å². The van der Waals surface area contributed by atoms with Gasteiger partial charge in [-0.3, -0.25) is 4.79 Å². The molecule has 2 aromatic rings. The van der Waals surface area contributed by atoms with Crippen molar-refractivity contribution in [2.24, 2.45) is 0 Å². The first-order chi connectivity index (χ1) is 10.8. The van der Waals surface area contributed by atoms with Gasteiger partial charge in [-0.1, -0.05) is 17.7 Å². The standard InChI is InChI=1S/C16H21ClN4O2/c1-10(2)20(9-11(3)22)16(23)15-12(4)18-21(19-15)14-7-5-6-13(17)8-14/h5-8,10-11,22H,9H2,1-4H3. The number of hydrogen-bond donors (Lipinski definition) is 1. The van der Waals surface area contributed by atoms with E-state index in [1.54, 1.807) is 36.9 Å². The van der Waals surface area contributed by atoms with Crippen LogP contribution in [0.5, 0.6) is 0 Å². The Bertz CT molecular complexity index is 697. The first kappa shape index (κ1) is 17.4. The summed E-state index contributed by atoms with van der Waals surface area (Å²) in [5, 5.41) is 18.8. The molecular weight excluding hydrogens is 316 g/mol. The van der Waals surface area contributed by atoms with Gasteiger partial charge in [0.25, 0.3) is 5.91 Å². The number of aromatic nitrogens is 3. The van der Waals surface area contributed by atoms with E-state index < -0.39 is 6.10 Å². The number of carbonyl (C=O) groups excluding carboxylic acids is 1. The number of amides is 1. The Labute approximate surface area is 140 Å². The minimum absolute atomic E-state index is 0.0483. The van der Waals surface area contributed by atoms with Crippen molar-refractivity contribution < 1.29 is 9.90 Å². The molecule has 0 saturated carbocycles. The Morgan fingerprint density at radius 1 is 1.35 bits per heavy atom. The van der Waals surface area contributed by atoms with Crippen molar-refractivity contribution in [2.45, 2.75) is 39.8 Å². The quantitative estimate of drug-likeness (QED) is 0.910. The fourth-order valence-corrected chi connectivity index (χ4v) is 2.43. The molecule has 6 nitrogen and oxygen atoms in total. The second-order valence-corrected chi connectivity index (χ2v) is 6.24. The van der Waals surface area contributed by atoms with Crippen LogP contribution in [-0.2, 0) is 0 Å². The van der Waals surface area contributed by atoms with E-state index in [9.17, 15) is 9.90 Å². The average Bonchev–Trinajstić information content (AvgIpc) is 2.85. The van der Waals surface area contributed by atoms with E-state index in [1.165, 1.54) is 4.80 Å². The number of hydrogen-bond acceptors (Lipinski definition) is 4. The van der Waals surface area contributed by atoms with Gasteiger partial charge in [0.05, 0.1) is 17.5 Å². The Hall–Kier alpha value is -1.92. The molecule has 1 unspecified atom stereocenters. The molecule has 1 atom stereocenters. The Morgan fingerprint density at radius 2 is 2.04 bits per heavy atom. The molecule has 2 rings (SSSR count). The molecule has 0 radical (unpaired) electrons. The minimum atomic E-state index is -0.607. The second-order valence-electron chi connectivity index (χ2n) is 5.80. The molecule has 0 saturated heterocycles. The van der Waals surface area contributed by atoms with Crippen LogP contribution in [-0.4, -0.2) is 49.6 Å². The highest BCUT2D eigenvalue weighted by atomic mass is 35.5. The van der Waals surface area contributed by atoms with Crippen molar-refractivity contribution in [3.8, 4) is 5.69 Å². The van der Waals surface area contributed by atoms with Gasteiger partial charge in [0.2, 0.25) is 0 Å². The third-order valence-corrected chi connectivity index (χ3v) is 3.60. The Kier molecular flexibility index (Phi) is 5.38. The van der Waals surface area contributed by atoms with E-state index in [2.05, 4.69) is 10.2 Å². The van der Waals surface area contributed by atoms with Crippen LogP contribution in [0.2, 0.25) is 5.02 Å². The van der Waals surface area contributed by atoms with Gasteiger partial charge in [0.15, 0.2) is 5.69 Å². The van der Waals surface area contributed by atoms with Crippen LogP contribution in [0.1, 0.15) is 37.0 Å². The number of rotatable bonds is 5. The molecule has 23 heavy (non-hydrogen) atoms. The molecule has 0 bridgehead atoms. The Morgan fingerprint density at radius 3 is 2.61 bits per heavy atom. The lowest BCUT2D eigenvalue weighted by Gasteiger charge is -2.27. The lowest BCUT2D eigenvalue weighted by Crippen LogP contribution is -2.41. The lowest BCUT2D eigenvalue weighted by atomic mass is 10.2. The normalized spacial score (nSPS) is 12.5. The van der Waals surface area contributed by atoms with Crippen molar-refractivity contribution in [1.29, 1.82) is 0 Å². The van der Waals surface area contributed by atoms with Crippen LogP contribution in [0.15, 0.2) is 24.3 Å². The van der Waals surface area contributed by atoms with E-state index >= 15 is 0 Å². The third kappa shape index (κ3) is 4.09. The number of aliphatic hydroxyl groups is 1. The van der Waals surface area contributed by atoms with Gasteiger partial charge in [-0.05, 0) is 45.9 Å². The fraction of sp³-hybridized carbons (Fsp3) is 0.438. The maximum Gasteiger partial charge on any atom is 0.276 e. The van der Waals surface area contributed by atoms with E-state index in [4.69, 9.17) is 11.6 Å². The summed E-state index contributed by atoms with van der Waals surface area (Å²) in [5.41, 5.74) is 1.50. The van der Waals surface area contributed by atoms with Crippen molar-refractivity contribution >= 4 is 17.5 Å². The number of nitrogens with zero attached hydrogens (tertiary/aromatic N) is 4. The zero-order valence-electron chi connectivity index (χ0n) is 13.7. The largest absolute Gasteiger partial charge is 0.392 e. The number of aryl methyl sites for hydroxylation is 1. The van der Waals surface area contributed by atoms with Crippen LogP contribution in [0.25, 0.3) is 5.69 Å². The topological polar surface area (TPSA) is 71.2 Å². The molecule has 0 spiro atoms. The van der Waals surface area contributed by atoms with Crippen LogP contribution >= 0.6 is 11.6 Å². The third-order valence-electron chi connectivity index (χ3n) is 3.37. The van der Waals surface area contributed by atoms with Crippen molar-refractivity contribution in [3.63, 3.8) is 0 Å². The molecule has 1 amide bonds. The highest BCUT2D eigenvalue weighted by molar-refractivity contribution is 6.30. The monoisotopic (exact) mass is 336 g/mol. The van der Waals surface area contributed by atoms with Crippen molar-refractivity contribution in [1.82, 2.24) is 19.9 Å². The predicted octanol–water partition coefficient (Wildman–Crippen LogP) is 2.46. The molecule has 7 heteroatoms. The summed E-state index contributed by atoms with van der Waals surface area (Å²) < 4.78 is 0. The Balaban J connectivity index is 2.34. The fourth-order valence-electron chi connectivity index (χ4n) is 2.24. The van der Waals surface area contributed by atoms with Crippen LogP contribution in [0.3, 0.4) is 0 Å². The highest BCUT2D eigenvalue weighted by Crippen LogP contribution is 2.16. The molecule has 0 aliphatic rings. The van der Waals surface area contributed by atoms with Gasteiger partial charge in [-0.15, -0.1) is 5.10 Å². The van der Waals surface area contributed by atoms with Gasteiger partial charge in [-0.2, -0.15) is 9.90 Å². The van der Waals surface area contributed by atoms with E-state index in [0.29, 0.717) is 16.4 Å². The minimum Gasteiger partial charge on any atom is -0.392 e. The zero-order valence-corrected chi connectivity index (χ0v) is 14.4. The van der Waals surface area contributed by atoms with Gasteiger partial charge >= 0.3 is 0 Å². The summed E-state index contributed by atoms with van der Waals surface area (Å²) in [4.78, 5) is 15.7. The molecule has 0 aliphatic carbocycles. The summed E-state index contributed by atoms with van der Waals surface area (Å²) in [6.45, 7) is 7.44. The maximum absolute atomic E-state index is 12.7. The van der Waals surface area contributed by atoms with Gasteiger partial charge in [0, 0.05) is 17.6 Å². The molecule has 1 heterocycles. The smallest absolute Gasteiger partial charge is 0.276 e. The molecule has 1 aromatic heterocycles. The number of aliphatic hydroxyl groups excluding tert-OH is 1. The number of benzene rings is 1.